The molecule has 168 valence electrons. The standard InChI is InChI=1S/C22H24ClF3N2O3/c1-30-20-13-17(5-8-19(20)31-14-16-3-6-18(23)7-4-16)21(29)28-10-2-9-27(11-12-28)15-22(24,25)26/h3-8,13H,2,9-12,14-15H2,1H3. The zero-order valence-corrected chi connectivity index (χ0v) is 17.9. The Hall–Kier alpha value is -2.45. The lowest BCUT2D eigenvalue weighted by atomic mass is 10.1. The number of carbonyl (C=O) groups is 1. The summed E-state index contributed by atoms with van der Waals surface area (Å²) < 4.78 is 49.1. The number of benzene rings is 2. The molecular formula is C22H24ClF3N2O3. The molecule has 1 heterocycles. The molecule has 0 N–H and O–H groups in total. The molecule has 1 saturated heterocycles. The predicted molar refractivity (Wildman–Crippen MR) is 112 cm³/mol. The number of methoxy groups -OCH3 is 1. The summed E-state index contributed by atoms with van der Waals surface area (Å²) >= 11 is 5.88. The van der Waals surface area contributed by atoms with E-state index in [0.717, 1.165) is 5.56 Å². The second-order valence-electron chi connectivity index (χ2n) is 7.32. The zero-order valence-electron chi connectivity index (χ0n) is 17.1. The Kier molecular flexibility index (Phi) is 7.67. The van der Waals surface area contributed by atoms with E-state index in [2.05, 4.69) is 0 Å². The number of hydrogen-bond acceptors (Lipinski definition) is 4. The molecule has 1 aliphatic heterocycles. The van der Waals surface area contributed by atoms with Crippen molar-refractivity contribution in [3.63, 3.8) is 0 Å². The molecule has 1 fully saturated rings. The normalized spacial score (nSPS) is 15.5. The van der Waals surface area contributed by atoms with Crippen molar-refractivity contribution in [3.8, 4) is 11.5 Å². The Bertz CT molecular complexity index is 891. The van der Waals surface area contributed by atoms with E-state index >= 15 is 0 Å². The third-order valence-corrected chi connectivity index (χ3v) is 5.25. The summed E-state index contributed by atoms with van der Waals surface area (Å²) in [6.45, 7) is 0.496. The van der Waals surface area contributed by atoms with Crippen molar-refractivity contribution in [2.75, 3.05) is 39.8 Å². The highest BCUT2D eigenvalue weighted by molar-refractivity contribution is 6.30. The van der Waals surface area contributed by atoms with E-state index in [4.69, 9.17) is 21.1 Å². The van der Waals surface area contributed by atoms with Crippen LogP contribution in [-0.2, 0) is 6.61 Å². The van der Waals surface area contributed by atoms with Gasteiger partial charge in [0.15, 0.2) is 11.5 Å². The molecule has 0 bridgehead atoms. The van der Waals surface area contributed by atoms with Gasteiger partial charge in [-0.1, -0.05) is 23.7 Å². The lowest BCUT2D eigenvalue weighted by Crippen LogP contribution is -2.38. The summed E-state index contributed by atoms with van der Waals surface area (Å²) in [5.74, 6) is 0.658. The van der Waals surface area contributed by atoms with E-state index in [1.807, 2.05) is 12.1 Å². The van der Waals surface area contributed by atoms with Crippen molar-refractivity contribution in [2.45, 2.75) is 19.2 Å². The van der Waals surface area contributed by atoms with Crippen LogP contribution in [0.1, 0.15) is 22.3 Å². The van der Waals surface area contributed by atoms with Gasteiger partial charge in [-0.15, -0.1) is 0 Å². The first-order chi connectivity index (χ1) is 14.7. The van der Waals surface area contributed by atoms with E-state index in [1.54, 1.807) is 35.2 Å². The number of carbonyl (C=O) groups excluding carboxylic acids is 1. The van der Waals surface area contributed by atoms with Gasteiger partial charge in [0.05, 0.1) is 13.7 Å². The van der Waals surface area contributed by atoms with Crippen LogP contribution in [0.5, 0.6) is 11.5 Å². The summed E-state index contributed by atoms with van der Waals surface area (Å²) in [4.78, 5) is 15.8. The van der Waals surface area contributed by atoms with Gasteiger partial charge in [-0.3, -0.25) is 9.69 Å². The van der Waals surface area contributed by atoms with Crippen LogP contribution < -0.4 is 9.47 Å². The Balaban J connectivity index is 1.64. The first-order valence-corrected chi connectivity index (χ1v) is 10.3. The molecule has 31 heavy (non-hydrogen) atoms. The van der Waals surface area contributed by atoms with E-state index in [1.165, 1.54) is 12.0 Å². The van der Waals surface area contributed by atoms with Gasteiger partial charge in [0.2, 0.25) is 0 Å². The lowest BCUT2D eigenvalue weighted by Gasteiger charge is -2.23. The molecule has 0 aliphatic carbocycles. The summed E-state index contributed by atoms with van der Waals surface area (Å²) in [7, 11) is 1.49. The molecule has 3 rings (SSSR count). The van der Waals surface area contributed by atoms with Crippen LogP contribution in [0.2, 0.25) is 5.02 Å². The molecule has 2 aromatic rings. The van der Waals surface area contributed by atoms with E-state index in [9.17, 15) is 18.0 Å². The fourth-order valence-electron chi connectivity index (χ4n) is 3.43. The van der Waals surface area contributed by atoms with Gasteiger partial charge in [-0.05, 0) is 42.3 Å². The molecule has 0 saturated carbocycles. The van der Waals surface area contributed by atoms with Crippen LogP contribution in [0.15, 0.2) is 42.5 Å². The van der Waals surface area contributed by atoms with Gasteiger partial charge in [-0.25, -0.2) is 0 Å². The Labute approximate surface area is 184 Å². The maximum absolute atomic E-state index is 12.9. The van der Waals surface area contributed by atoms with Gasteiger partial charge >= 0.3 is 6.18 Å². The van der Waals surface area contributed by atoms with Crippen LogP contribution in [0.25, 0.3) is 0 Å². The predicted octanol–water partition coefficient (Wildman–Crippen LogP) is 4.64. The minimum atomic E-state index is -4.24. The molecule has 0 aromatic heterocycles. The van der Waals surface area contributed by atoms with Gasteiger partial charge in [-0.2, -0.15) is 13.2 Å². The Morgan fingerprint density at radius 3 is 2.45 bits per heavy atom. The third kappa shape index (κ3) is 6.77. The molecule has 2 aromatic carbocycles. The fraction of sp³-hybridized carbons (Fsp3) is 0.409. The maximum atomic E-state index is 12.9. The van der Waals surface area contributed by atoms with Crippen molar-refractivity contribution < 1.29 is 27.4 Å². The zero-order chi connectivity index (χ0) is 22.4. The van der Waals surface area contributed by atoms with Crippen LogP contribution in [-0.4, -0.2) is 61.7 Å². The average Bonchev–Trinajstić information content (AvgIpc) is 2.97. The number of nitrogens with zero attached hydrogens (tertiary/aromatic N) is 2. The first kappa shape index (κ1) is 23.2. The van der Waals surface area contributed by atoms with E-state index in [-0.39, 0.29) is 19.0 Å². The van der Waals surface area contributed by atoms with Crippen LogP contribution in [0, 0.1) is 0 Å². The van der Waals surface area contributed by atoms with Crippen LogP contribution in [0.3, 0.4) is 0 Å². The lowest BCUT2D eigenvalue weighted by molar-refractivity contribution is -0.145. The molecule has 1 amide bonds. The van der Waals surface area contributed by atoms with E-state index in [0.29, 0.717) is 48.2 Å². The third-order valence-electron chi connectivity index (χ3n) is 5.00. The number of halogens is 4. The molecule has 0 radical (unpaired) electrons. The molecule has 0 atom stereocenters. The highest BCUT2D eigenvalue weighted by Gasteiger charge is 2.32. The molecule has 9 heteroatoms. The molecule has 0 unspecified atom stereocenters. The highest BCUT2D eigenvalue weighted by atomic mass is 35.5. The summed E-state index contributed by atoms with van der Waals surface area (Å²) in [5, 5.41) is 0.638. The van der Waals surface area contributed by atoms with Crippen molar-refractivity contribution in [3.05, 3.63) is 58.6 Å². The second-order valence-corrected chi connectivity index (χ2v) is 7.75. The number of ether oxygens (including phenoxy) is 2. The summed E-state index contributed by atoms with van der Waals surface area (Å²) in [6, 6.07) is 12.2. The van der Waals surface area contributed by atoms with Gasteiger partial charge in [0, 0.05) is 36.8 Å². The SMILES string of the molecule is COc1cc(C(=O)N2CCCN(CC(F)(F)F)CC2)ccc1OCc1ccc(Cl)cc1. The molecule has 0 spiro atoms. The fourth-order valence-corrected chi connectivity index (χ4v) is 3.56. The molecule has 5 nitrogen and oxygen atoms in total. The highest BCUT2D eigenvalue weighted by Crippen LogP contribution is 2.30. The number of alkyl halides is 3. The van der Waals surface area contributed by atoms with Crippen molar-refractivity contribution in [1.82, 2.24) is 9.80 Å². The smallest absolute Gasteiger partial charge is 0.401 e. The number of rotatable bonds is 6. The number of amides is 1. The first-order valence-electron chi connectivity index (χ1n) is 9.89. The largest absolute Gasteiger partial charge is 0.493 e. The van der Waals surface area contributed by atoms with Crippen molar-refractivity contribution >= 4 is 17.5 Å². The topological polar surface area (TPSA) is 42.0 Å². The average molecular weight is 457 g/mol. The number of hydrogen-bond donors (Lipinski definition) is 0. The Morgan fingerprint density at radius 2 is 1.77 bits per heavy atom. The minimum Gasteiger partial charge on any atom is -0.493 e. The molecule has 1 aliphatic rings. The second kappa shape index (κ2) is 10.2. The van der Waals surface area contributed by atoms with Crippen molar-refractivity contribution in [1.29, 1.82) is 0 Å². The minimum absolute atomic E-state index is 0.185. The van der Waals surface area contributed by atoms with E-state index < -0.39 is 12.7 Å². The van der Waals surface area contributed by atoms with Gasteiger partial charge < -0.3 is 14.4 Å². The quantitative estimate of drug-likeness (QED) is 0.635. The summed E-state index contributed by atoms with van der Waals surface area (Å²) in [6.07, 6.45) is -3.75. The molecular weight excluding hydrogens is 433 g/mol. The van der Waals surface area contributed by atoms with Crippen molar-refractivity contribution in [2.24, 2.45) is 0 Å². The Morgan fingerprint density at radius 1 is 1.03 bits per heavy atom. The van der Waals surface area contributed by atoms with Crippen LogP contribution in [0.4, 0.5) is 13.2 Å². The maximum Gasteiger partial charge on any atom is 0.401 e. The van der Waals surface area contributed by atoms with Gasteiger partial charge in [0.1, 0.15) is 6.61 Å². The monoisotopic (exact) mass is 456 g/mol. The van der Waals surface area contributed by atoms with Crippen LogP contribution >= 0.6 is 11.6 Å². The van der Waals surface area contributed by atoms with Gasteiger partial charge in [0.25, 0.3) is 5.91 Å². The summed E-state index contributed by atoms with van der Waals surface area (Å²) in [5.41, 5.74) is 1.33.